The molecule has 4 heteroatoms. The largest absolute Gasteiger partial charge is 0.278 e. The highest BCUT2D eigenvalue weighted by Gasteiger charge is 2.05. The lowest BCUT2D eigenvalue weighted by molar-refractivity contribution is 1.12. The van der Waals surface area contributed by atoms with Gasteiger partial charge in [-0.15, -0.1) is 0 Å². The fourth-order valence-corrected chi connectivity index (χ4v) is 1.31. The number of rotatable bonds is 0. The van der Waals surface area contributed by atoms with Crippen molar-refractivity contribution in [3.8, 4) is 0 Å². The molecule has 0 unspecified atom stereocenters. The van der Waals surface area contributed by atoms with Gasteiger partial charge in [0.15, 0.2) is 0 Å². The van der Waals surface area contributed by atoms with Crippen molar-refractivity contribution in [1.29, 1.82) is 0 Å². The Morgan fingerprint density at radius 2 is 2.33 bits per heavy atom. The van der Waals surface area contributed by atoms with Crippen LogP contribution in [0.5, 0.6) is 0 Å². The average molecular weight is 178 g/mol. The van der Waals surface area contributed by atoms with Gasteiger partial charge in [0.05, 0.1) is 23.3 Å². The van der Waals surface area contributed by atoms with Gasteiger partial charge in [-0.25, -0.2) is 4.85 Å². The molecule has 0 spiro atoms. The van der Waals surface area contributed by atoms with E-state index in [-0.39, 0.29) is 0 Å². The molecule has 58 valence electrons. The van der Waals surface area contributed by atoms with Crippen molar-refractivity contribution in [3.05, 3.63) is 34.8 Å². The summed E-state index contributed by atoms with van der Waals surface area (Å²) in [6.07, 6.45) is 1.62. The third kappa shape index (κ3) is 0.858. The first-order valence-corrected chi connectivity index (χ1v) is 3.70. The predicted molar refractivity (Wildman–Crippen MR) is 47.4 cm³/mol. The lowest BCUT2D eigenvalue weighted by Gasteiger charge is -1.94. The Bertz CT molecular complexity index is 467. The quantitative estimate of drug-likeness (QED) is 0.617. The van der Waals surface area contributed by atoms with E-state index in [2.05, 4.69) is 15.0 Å². The highest BCUT2D eigenvalue weighted by atomic mass is 35.5. The molecule has 1 heterocycles. The van der Waals surface area contributed by atoms with Crippen LogP contribution in [0.25, 0.3) is 15.7 Å². The van der Waals surface area contributed by atoms with Gasteiger partial charge >= 0.3 is 0 Å². The van der Waals surface area contributed by atoms with Crippen LogP contribution in [0, 0.1) is 6.57 Å². The molecule has 0 atom stereocenters. The van der Waals surface area contributed by atoms with Crippen molar-refractivity contribution in [2.75, 3.05) is 0 Å². The van der Waals surface area contributed by atoms with Crippen LogP contribution in [-0.2, 0) is 0 Å². The molecular weight excluding hydrogens is 174 g/mol. The number of nitrogens with one attached hydrogen (secondary N) is 1. The van der Waals surface area contributed by atoms with E-state index in [1.54, 1.807) is 18.3 Å². The average Bonchev–Trinajstić information content (AvgIpc) is 2.53. The van der Waals surface area contributed by atoms with E-state index in [0.29, 0.717) is 10.7 Å². The van der Waals surface area contributed by atoms with Crippen LogP contribution in [0.15, 0.2) is 18.3 Å². The zero-order valence-electron chi connectivity index (χ0n) is 6.00. The van der Waals surface area contributed by atoms with E-state index >= 15 is 0 Å². The fraction of sp³-hybridized carbons (Fsp3) is 0. The maximum atomic E-state index is 6.82. The summed E-state index contributed by atoms with van der Waals surface area (Å²) in [5.74, 6) is 0. The highest BCUT2D eigenvalue weighted by molar-refractivity contribution is 6.38. The van der Waals surface area contributed by atoms with Gasteiger partial charge in [-0.1, -0.05) is 17.7 Å². The van der Waals surface area contributed by atoms with Crippen molar-refractivity contribution < 1.29 is 0 Å². The number of halogens is 1. The summed E-state index contributed by atoms with van der Waals surface area (Å²) in [5.41, 5.74) is 1.32. The summed E-state index contributed by atoms with van der Waals surface area (Å²) in [5, 5.41) is 7.86. The predicted octanol–water partition coefficient (Wildman–Crippen LogP) is 2.77. The van der Waals surface area contributed by atoms with E-state index in [9.17, 15) is 0 Å². The van der Waals surface area contributed by atoms with E-state index < -0.39 is 0 Å². The first-order chi connectivity index (χ1) is 5.83. The molecule has 1 aromatic carbocycles. The van der Waals surface area contributed by atoms with Gasteiger partial charge in [0, 0.05) is 5.39 Å². The van der Waals surface area contributed by atoms with Gasteiger partial charge in [-0.05, 0) is 6.07 Å². The summed E-state index contributed by atoms with van der Waals surface area (Å²) >= 11 is 5.91. The summed E-state index contributed by atoms with van der Waals surface area (Å²) in [4.78, 5) is 3.28. The van der Waals surface area contributed by atoms with Crippen LogP contribution >= 0.6 is 11.6 Å². The molecule has 0 aliphatic heterocycles. The molecule has 0 aliphatic carbocycles. The Labute approximate surface area is 73.8 Å². The second-order valence-electron chi connectivity index (χ2n) is 2.34. The number of aromatic amines is 1. The number of H-pyrrole nitrogens is 1. The molecule has 2 rings (SSSR count). The Morgan fingerprint density at radius 3 is 3.08 bits per heavy atom. The summed E-state index contributed by atoms with van der Waals surface area (Å²) in [6.45, 7) is 6.82. The topological polar surface area (TPSA) is 33.0 Å². The standard InChI is InChI=1S/C8H4ClN3/c1-10-7-3-2-6-5(8(7)9)4-11-12-6/h2-4H,(H,11,12). The zero-order chi connectivity index (χ0) is 8.55. The number of fused-ring (bicyclic) bond motifs is 1. The molecule has 0 bridgehead atoms. The van der Waals surface area contributed by atoms with Crippen molar-refractivity contribution >= 4 is 28.2 Å². The minimum absolute atomic E-state index is 0.463. The molecule has 0 saturated heterocycles. The Hall–Kier alpha value is -1.53. The summed E-state index contributed by atoms with van der Waals surface area (Å²) in [7, 11) is 0. The lowest BCUT2D eigenvalue weighted by Crippen LogP contribution is -1.69. The van der Waals surface area contributed by atoms with Gasteiger partial charge in [0.2, 0.25) is 5.69 Å². The zero-order valence-corrected chi connectivity index (χ0v) is 6.76. The SMILES string of the molecule is [C-]#[N+]c1ccc2[nH]ncc2c1Cl. The summed E-state index contributed by atoms with van der Waals surface area (Å²) < 4.78 is 0. The highest BCUT2D eigenvalue weighted by Crippen LogP contribution is 2.31. The van der Waals surface area contributed by atoms with Crippen LogP contribution in [-0.4, -0.2) is 10.2 Å². The van der Waals surface area contributed by atoms with Gasteiger partial charge in [-0.3, -0.25) is 5.10 Å². The molecular formula is C8H4ClN3. The Kier molecular flexibility index (Phi) is 1.49. The number of benzene rings is 1. The van der Waals surface area contributed by atoms with E-state index in [1.807, 2.05) is 0 Å². The van der Waals surface area contributed by atoms with E-state index in [1.165, 1.54) is 0 Å². The molecule has 1 N–H and O–H groups in total. The molecule has 0 saturated carbocycles. The van der Waals surface area contributed by atoms with Gasteiger partial charge in [-0.2, -0.15) is 5.10 Å². The second-order valence-corrected chi connectivity index (χ2v) is 2.72. The van der Waals surface area contributed by atoms with E-state index in [4.69, 9.17) is 18.2 Å². The van der Waals surface area contributed by atoms with Crippen LogP contribution in [0.3, 0.4) is 0 Å². The summed E-state index contributed by atoms with van der Waals surface area (Å²) in [6, 6.07) is 3.47. The normalized spacial score (nSPS) is 10.0. The van der Waals surface area contributed by atoms with Crippen LogP contribution < -0.4 is 0 Å². The molecule has 0 amide bonds. The van der Waals surface area contributed by atoms with E-state index in [0.717, 1.165) is 10.9 Å². The molecule has 0 aliphatic rings. The maximum absolute atomic E-state index is 6.82. The van der Waals surface area contributed by atoms with Crippen LogP contribution in [0.4, 0.5) is 5.69 Å². The second kappa shape index (κ2) is 2.50. The minimum atomic E-state index is 0.463. The molecule has 0 fully saturated rings. The van der Waals surface area contributed by atoms with Crippen molar-refractivity contribution in [3.63, 3.8) is 0 Å². The molecule has 1 aromatic heterocycles. The monoisotopic (exact) mass is 177 g/mol. The third-order valence-corrected chi connectivity index (χ3v) is 2.06. The Balaban J connectivity index is 2.89. The number of hydrogen-bond acceptors (Lipinski definition) is 1. The molecule has 3 nitrogen and oxygen atoms in total. The number of hydrogen-bond donors (Lipinski definition) is 1. The van der Waals surface area contributed by atoms with Gasteiger partial charge in [0.1, 0.15) is 0 Å². The number of aromatic nitrogens is 2. The third-order valence-electron chi connectivity index (χ3n) is 1.66. The fourth-order valence-electron chi connectivity index (χ4n) is 1.06. The first-order valence-electron chi connectivity index (χ1n) is 3.32. The van der Waals surface area contributed by atoms with Crippen molar-refractivity contribution in [2.45, 2.75) is 0 Å². The number of nitrogens with zero attached hydrogens (tertiary/aromatic N) is 2. The Morgan fingerprint density at radius 1 is 1.50 bits per heavy atom. The maximum Gasteiger partial charge on any atom is 0.206 e. The van der Waals surface area contributed by atoms with Crippen LogP contribution in [0.2, 0.25) is 5.02 Å². The lowest BCUT2D eigenvalue weighted by atomic mass is 10.2. The smallest absolute Gasteiger partial charge is 0.206 e. The van der Waals surface area contributed by atoms with Crippen LogP contribution in [0.1, 0.15) is 0 Å². The van der Waals surface area contributed by atoms with Gasteiger partial charge < -0.3 is 0 Å². The minimum Gasteiger partial charge on any atom is -0.278 e. The van der Waals surface area contributed by atoms with Gasteiger partial charge in [0.25, 0.3) is 0 Å². The van der Waals surface area contributed by atoms with Crippen molar-refractivity contribution in [2.24, 2.45) is 0 Å². The van der Waals surface area contributed by atoms with Crippen molar-refractivity contribution in [1.82, 2.24) is 10.2 Å². The molecule has 2 aromatic rings. The first kappa shape index (κ1) is 7.14. The molecule has 12 heavy (non-hydrogen) atoms. The molecule has 0 radical (unpaired) electrons.